The molecule has 0 unspecified atom stereocenters. The van der Waals surface area contributed by atoms with Crippen LogP contribution in [0.2, 0.25) is 0 Å². The Bertz CT molecular complexity index is 344. The van der Waals surface area contributed by atoms with E-state index in [0.717, 1.165) is 0 Å². The Hall–Kier alpha value is -1.07. The first-order valence-corrected chi connectivity index (χ1v) is 6.57. The summed E-state index contributed by atoms with van der Waals surface area (Å²) in [6.45, 7) is 11.5. The smallest absolute Gasteiger partial charge is 0.408 e. The van der Waals surface area contributed by atoms with E-state index in [1.54, 1.807) is 0 Å². The lowest BCUT2D eigenvalue weighted by atomic mass is 10.1. The van der Waals surface area contributed by atoms with Gasteiger partial charge in [0.15, 0.2) is 5.79 Å². The summed E-state index contributed by atoms with van der Waals surface area (Å²) in [7, 11) is 0. The molecular weight excluding hydrogens is 246 g/mol. The van der Waals surface area contributed by atoms with E-state index in [1.807, 2.05) is 53.7 Å². The zero-order valence-corrected chi connectivity index (χ0v) is 12.6. The van der Waals surface area contributed by atoms with Crippen LogP contribution in [0.1, 0.15) is 41.5 Å². The third-order valence-electron chi connectivity index (χ3n) is 2.51. The molecule has 0 aromatic carbocycles. The van der Waals surface area contributed by atoms with Crippen molar-refractivity contribution in [3.8, 4) is 0 Å². The van der Waals surface area contributed by atoms with Crippen LogP contribution >= 0.6 is 0 Å². The molecule has 5 nitrogen and oxygen atoms in total. The Kier molecular flexibility index (Phi) is 4.98. The molecule has 110 valence electrons. The van der Waals surface area contributed by atoms with E-state index >= 15 is 0 Å². The molecule has 19 heavy (non-hydrogen) atoms. The molecule has 0 aromatic rings. The molecule has 0 radical (unpaired) electrons. The highest BCUT2D eigenvalue weighted by molar-refractivity contribution is 5.68. The van der Waals surface area contributed by atoms with Gasteiger partial charge in [0.2, 0.25) is 0 Å². The van der Waals surface area contributed by atoms with Gasteiger partial charge in [0.25, 0.3) is 0 Å². The standard InChI is InChI=1S/C14H25NO4/c1-7-8-11-10(9-17-14(5,6)18-11)15-12(16)19-13(2,3)4/h7-8,10-11H,9H2,1-6H3,(H,15,16)/b8-7+/t10-,11+/m0/s1. The van der Waals surface area contributed by atoms with E-state index < -0.39 is 17.5 Å². The van der Waals surface area contributed by atoms with Crippen molar-refractivity contribution in [1.82, 2.24) is 5.32 Å². The van der Waals surface area contributed by atoms with Crippen LogP contribution in [0.15, 0.2) is 12.2 Å². The molecule has 0 bridgehead atoms. The molecule has 5 heteroatoms. The number of nitrogens with one attached hydrogen (secondary N) is 1. The van der Waals surface area contributed by atoms with E-state index in [9.17, 15) is 4.79 Å². The molecule has 1 N–H and O–H groups in total. The van der Waals surface area contributed by atoms with Gasteiger partial charge < -0.3 is 19.5 Å². The minimum absolute atomic E-state index is 0.221. The van der Waals surface area contributed by atoms with Gasteiger partial charge in [-0.25, -0.2) is 4.79 Å². The van der Waals surface area contributed by atoms with Crippen LogP contribution < -0.4 is 5.32 Å². The van der Waals surface area contributed by atoms with Crippen molar-refractivity contribution < 1.29 is 19.0 Å². The van der Waals surface area contributed by atoms with Crippen LogP contribution in [0.3, 0.4) is 0 Å². The van der Waals surface area contributed by atoms with Crippen molar-refractivity contribution in [3.63, 3.8) is 0 Å². The number of hydrogen-bond acceptors (Lipinski definition) is 4. The molecule has 0 aliphatic carbocycles. The first-order valence-electron chi connectivity index (χ1n) is 6.57. The SMILES string of the molecule is C/C=C/[C@H]1OC(C)(C)OC[C@@H]1NC(=O)OC(C)(C)C. The number of alkyl carbamates (subject to hydrolysis) is 1. The summed E-state index contributed by atoms with van der Waals surface area (Å²) in [5, 5.41) is 2.79. The lowest BCUT2D eigenvalue weighted by Gasteiger charge is -2.40. The fourth-order valence-corrected chi connectivity index (χ4v) is 1.77. The van der Waals surface area contributed by atoms with Crippen molar-refractivity contribution in [2.24, 2.45) is 0 Å². The van der Waals surface area contributed by atoms with Crippen LogP contribution in [-0.4, -0.2) is 36.2 Å². The Morgan fingerprint density at radius 2 is 2.05 bits per heavy atom. The molecular formula is C14H25NO4. The van der Waals surface area contributed by atoms with Gasteiger partial charge in [-0.15, -0.1) is 0 Å². The third kappa shape index (κ3) is 5.61. The molecule has 1 aliphatic rings. The van der Waals surface area contributed by atoms with Gasteiger partial charge in [0, 0.05) is 0 Å². The summed E-state index contributed by atoms with van der Waals surface area (Å²) in [5.74, 6) is -0.643. The van der Waals surface area contributed by atoms with Gasteiger partial charge in [0.1, 0.15) is 11.7 Å². The molecule has 1 heterocycles. The Morgan fingerprint density at radius 3 is 2.58 bits per heavy atom. The zero-order valence-electron chi connectivity index (χ0n) is 12.6. The Balaban J connectivity index is 2.63. The van der Waals surface area contributed by atoms with Crippen LogP contribution in [0.4, 0.5) is 4.79 Å². The van der Waals surface area contributed by atoms with Gasteiger partial charge in [-0.3, -0.25) is 0 Å². The maximum atomic E-state index is 11.8. The van der Waals surface area contributed by atoms with Crippen molar-refractivity contribution in [1.29, 1.82) is 0 Å². The molecule has 1 saturated heterocycles. The van der Waals surface area contributed by atoms with E-state index in [1.165, 1.54) is 0 Å². The number of rotatable bonds is 2. The summed E-state index contributed by atoms with van der Waals surface area (Å²) >= 11 is 0. The molecule has 0 spiro atoms. The maximum Gasteiger partial charge on any atom is 0.408 e. The lowest BCUT2D eigenvalue weighted by Crippen LogP contribution is -2.55. The second kappa shape index (κ2) is 5.92. The van der Waals surface area contributed by atoms with Crippen LogP contribution in [-0.2, 0) is 14.2 Å². The minimum Gasteiger partial charge on any atom is -0.444 e. The van der Waals surface area contributed by atoms with E-state index in [-0.39, 0.29) is 12.1 Å². The number of allylic oxidation sites excluding steroid dienone is 1. The highest BCUT2D eigenvalue weighted by atomic mass is 16.7. The average molecular weight is 271 g/mol. The Morgan fingerprint density at radius 1 is 1.42 bits per heavy atom. The predicted octanol–water partition coefficient (Wildman–Crippen LogP) is 2.61. The molecule has 2 atom stereocenters. The van der Waals surface area contributed by atoms with Gasteiger partial charge >= 0.3 is 6.09 Å². The molecule has 1 rings (SSSR count). The molecule has 1 fully saturated rings. The predicted molar refractivity (Wildman–Crippen MR) is 72.9 cm³/mol. The van der Waals surface area contributed by atoms with Crippen molar-refractivity contribution in [3.05, 3.63) is 12.2 Å². The number of ether oxygens (including phenoxy) is 3. The number of carbonyl (C=O) groups excluding carboxylic acids is 1. The highest BCUT2D eigenvalue weighted by Crippen LogP contribution is 2.23. The molecule has 0 saturated carbocycles. The second-order valence-corrected chi connectivity index (χ2v) is 6.07. The summed E-state index contributed by atoms with van der Waals surface area (Å²) in [4.78, 5) is 11.8. The largest absolute Gasteiger partial charge is 0.444 e. The van der Waals surface area contributed by atoms with Gasteiger partial charge in [-0.2, -0.15) is 0 Å². The van der Waals surface area contributed by atoms with Crippen LogP contribution in [0, 0.1) is 0 Å². The highest BCUT2D eigenvalue weighted by Gasteiger charge is 2.36. The second-order valence-electron chi connectivity index (χ2n) is 6.07. The van der Waals surface area contributed by atoms with Gasteiger partial charge in [-0.1, -0.05) is 12.2 Å². The van der Waals surface area contributed by atoms with Crippen molar-refractivity contribution in [2.75, 3.05) is 6.61 Å². The number of amides is 1. The van der Waals surface area contributed by atoms with E-state index in [4.69, 9.17) is 14.2 Å². The van der Waals surface area contributed by atoms with E-state index in [0.29, 0.717) is 6.61 Å². The molecule has 0 aromatic heterocycles. The summed E-state index contributed by atoms with van der Waals surface area (Å²) in [6, 6.07) is -0.251. The monoisotopic (exact) mass is 271 g/mol. The topological polar surface area (TPSA) is 56.8 Å². The zero-order chi connectivity index (χ0) is 14.7. The van der Waals surface area contributed by atoms with Gasteiger partial charge in [-0.05, 0) is 41.5 Å². The maximum absolute atomic E-state index is 11.8. The number of carbonyl (C=O) groups is 1. The molecule has 1 aliphatic heterocycles. The third-order valence-corrected chi connectivity index (χ3v) is 2.51. The summed E-state index contributed by atoms with van der Waals surface area (Å²) in [6.07, 6.45) is 3.13. The molecule has 1 amide bonds. The van der Waals surface area contributed by atoms with Crippen LogP contribution in [0.5, 0.6) is 0 Å². The van der Waals surface area contributed by atoms with Crippen molar-refractivity contribution in [2.45, 2.75) is 65.1 Å². The fourth-order valence-electron chi connectivity index (χ4n) is 1.77. The quantitative estimate of drug-likeness (QED) is 0.784. The first-order chi connectivity index (χ1) is 8.63. The fraction of sp³-hybridized carbons (Fsp3) is 0.786. The Labute approximate surface area is 115 Å². The minimum atomic E-state index is -0.643. The lowest BCUT2D eigenvalue weighted by molar-refractivity contribution is -0.271. The van der Waals surface area contributed by atoms with Crippen molar-refractivity contribution >= 4 is 6.09 Å². The van der Waals surface area contributed by atoms with Gasteiger partial charge in [0.05, 0.1) is 12.6 Å². The van der Waals surface area contributed by atoms with Crippen LogP contribution in [0.25, 0.3) is 0 Å². The summed E-state index contributed by atoms with van der Waals surface area (Å²) in [5.41, 5.74) is -0.518. The summed E-state index contributed by atoms with van der Waals surface area (Å²) < 4.78 is 16.6. The first kappa shape index (κ1) is 16.0. The average Bonchev–Trinajstić information content (AvgIpc) is 2.19. The number of hydrogen-bond donors (Lipinski definition) is 1. The van der Waals surface area contributed by atoms with E-state index in [2.05, 4.69) is 5.32 Å². The normalized spacial score (nSPS) is 27.3.